The van der Waals surface area contributed by atoms with E-state index in [1.165, 1.54) is 0 Å². The Labute approximate surface area is 117 Å². The van der Waals surface area contributed by atoms with Gasteiger partial charge in [-0.2, -0.15) is 0 Å². The molecule has 0 aromatic carbocycles. The maximum Gasteiger partial charge on any atom is 0.241 e. The Bertz CT molecular complexity index is 276. The number of carbonyl (C=O) groups is 1. The first-order valence-corrected chi connectivity index (χ1v) is 7.19. The zero-order valence-corrected chi connectivity index (χ0v) is 12.8. The van der Waals surface area contributed by atoms with E-state index in [2.05, 4.69) is 25.8 Å². The van der Waals surface area contributed by atoms with Gasteiger partial charge in [-0.1, -0.05) is 0 Å². The summed E-state index contributed by atoms with van der Waals surface area (Å²) in [5, 5.41) is 0. The van der Waals surface area contributed by atoms with Crippen LogP contribution in [0.15, 0.2) is 0 Å². The van der Waals surface area contributed by atoms with Gasteiger partial charge in [0.25, 0.3) is 0 Å². The minimum absolute atomic E-state index is 0.0255. The van der Waals surface area contributed by atoms with E-state index in [-0.39, 0.29) is 5.91 Å². The molecule has 0 saturated carbocycles. The molecule has 1 saturated heterocycles. The predicted octanol–water partition coefficient (Wildman–Crippen LogP) is 0.539. The Morgan fingerprint density at radius 3 is 2.47 bits per heavy atom. The number of ether oxygens (including phenoxy) is 1. The molecule has 1 rings (SSSR count). The molecule has 0 bridgehead atoms. The van der Waals surface area contributed by atoms with Crippen LogP contribution < -0.4 is 5.73 Å². The maximum absolute atomic E-state index is 12.0. The monoisotopic (exact) mass is 271 g/mol. The number of rotatable bonds is 6. The highest BCUT2D eigenvalue weighted by molar-refractivity contribution is 5.81. The fraction of sp³-hybridized carbons (Fsp3) is 0.929. The second kappa shape index (κ2) is 7.82. The van der Waals surface area contributed by atoms with Gasteiger partial charge in [0.05, 0.1) is 6.61 Å². The van der Waals surface area contributed by atoms with Crippen molar-refractivity contribution >= 4 is 5.91 Å². The van der Waals surface area contributed by atoms with Gasteiger partial charge in [0.1, 0.15) is 6.04 Å². The van der Waals surface area contributed by atoms with Crippen LogP contribution in [0.2, 0.25) is 0 Å². The number of nitrogens with two attached hydrogens (primary N) is 1. The Hall–Kier alpha value is -0.650. The molecule has 0 radical (unpaired) electrons. The van der Waals surface area contributed by atoms with E-state index >= 15 is 0 Å². The van der Waals surface area contributed by atoms with Gasteiger partial charge >= 0.3 is 0 Å². The average molecular weight is 271 g/mol. The Kier molecular flexibility index (Phi) is 6.75. The second-order valence-electron chi connectivity index (χ2n) is 5.86. The predicted molar refractivity (Wildman–Crippen MR) is 76.9 cm³/mol. The van der Waals surface area contributed by atoms with Crippen LogP contribution in [0.4, 0.5) is 0 Å². The van der Waals surface area contributed by atoms with Gasteiger partial charge in [0.2, 0.25) is 5.91 Å². The standard InChI is InChI=1S/C14H29N3O2/c1-11(2)16(3)9-12-5-7-17(8-6-12)14(18)13(15)10-19-4/h11-13H,5-10,15H2,1-4H3. The number of methoxy groups -OCH3 is 1. The summed E-state index contributed by atoms with van der Waals surface area (Å²) in [4.78, 5) is 16.3. The van der Waals surface area contributed by atoms with Crippen LogP contribution in [-0.4, -0.2) is 68.2 Å². The lowest BCUT2D eigenvalue weighted by Crippen LogP contribution is -2.49. The largest absolute Gasteiger partial charge is 0.383 e. The van der Waals surface area contributed by atoms with Crippen molar-refractivity contribution in [1.82, 2.24) is 9.80 Å². The molecule has 19 heavy (non-hydrogen) atoms. The third-order valence-corrected chi connectivity index (χ3v) is 4.02. The fourth-order valence-electron chi connectivity index (χ4n) is 2.44. The van der Waals surface area contributed by atoms with Crippen molar-refractivity contribution in [2.45, 2.75) is 38.8 Å². The third kappa shape index (κ3) is 5.09. The highest BCUT2D eigenvalue weighted by Gasteiger charge is 2.26. The van der Waals surface area contributed by atoms with Gasteiger partial charge in [0.15, 0.2) is 0 Å². The summed E-state index contributed by atoms with van der Waals surface area (Å²) in [5.41, 5.74) is 5.79. The molecular weight excluding hydrogens is 242 g/mol. The van der Waals surface area contributed by atoms with Crippen LogP contribution in [0.3, 0.4) is 0 Å². The van der Waals surface area contributed by atoms with Crippen molar-refractivity contribution in [3.63, 3.8) is 0 Å². The van der Waals surface area contributed by atoms with E-state index in [4.69, 9.17) is 10.5 Å². The van der Waals surface area contributed by atoms with E-state index in [1.54, 1.807) is 7.11 Å². The molecule has 0 spiro atoms. The maximum atomic E-state index is 12.0. The number of hydrogen-bond acceptors (Lipinski definition) is 4. The quantitative estimate of drug-likeness (QED) is 0.766. The molecule has 1 aliphatic heterocycles. The summed E-state index contributed by atoms with van der Waals surface area (Å²) >= 11 is 0. The van der Waals surface area contributed by atoms with Crippen LogP contribution >= 0.6 is 0 Å². The molecule has 0 aromatic rings. The lowest BCUT2D eigenvalue weighted by atomic mass is 9.95. The number of carbonyl (C=O) groups excluding carboxylic acids is 1. The molecule has 112 valence electrons. The number of hydrogen-bond donors (Lipinski definition) is 1. The normalized spacial score (nSPS) is 19.2. The van der Waals surface area contributed by atoms with E-state index in [1.807, 2.05) is 4.90 Å². The fourth-order valence-corrected chi connectivity index (χ4v) is 2.44. The van der Waals surface area contributed by atoms with Gasteiger partial charge in [-0.25, -0.2) is 0 Å². The third-order valence-electron chi connectivity index (χ3n) is 4.02. The number of piperidine rings is 1. The Morgan fingerprint density at radius 2 is 2.00 bits per heavy atom. The molecule has 0 aliphatic carbocycles. The van der Waals surface area contributed by atoms with E-state index < -0.39 is 6.04 Å². The smallest absolute Gasteiger partial charge is 0.241 e. The van der Waals surface area contributed by atoms with Gasteiger partial charge in [-0.15, -0.1) is 0 Å². The zero-order valence-electron chi connectivity index (χ0n) is 12.8. The van der Waals surface area contributed by atoms with Crippen LogP contribution in [0, 0.1) is 5.92 Å². The molecule has 5 heteroatoms. The SMILES string of the molecule is COCC(N)C(=O)N1CCC(CN(C)C(C)C)CC1. The van der Waals surface area contributed by atoms with E-state index in [9.17, 15) is 4.79 Å². The minimum Gasteiger partial charge on any atom is -0.383 e. The Balaban J connectivity index is 2.34. The topological polar surface area (TPSA) is 58.8 Å². The van der Waals surface area contributed by atoms with E-state index in [0.29, 0.717) is 18.6 Å². The van der Waals surface area contributed by atoms with Crippen molar-refractivity contribution in [1.29, 1.82) is 0 Å². The van der Waals surface area contributed by atoms with Gasteiger partial charge in [-0.3, -0.25) is 4.79 Å². The lowest BCUT2D eigenvalue weighted by molar-refractivity contribution is -0.135. The molecule has 1 amide bonds. The highest BCUT2D eigenvalue weighted by Crippen LogP contribution is 2.19. The van der Waals surface area contributed by atoms with Crippen molar-refractivity contribution in [3.05, 3.63) is 0 Å². The van der Waals surface area contributed by atoms with Gasteiger partial charge < -0.3 is 20.3 Å². The molecule has 5 nitrogen and oxygen atoms in total. The first kappa shape index (κ1) is 16.4. The molecule has 0 aromatic heterocycles. The molecule has 1 atom stereocenters. The second-order valence-corrected chi connectivity index (χ2v) is 5.86. The first-order valence-electron chi connectivity index (χ1n) is 7.19. The van der Waals surface area contributed by atoms with E-state index in [0.717, 1.165) is 32.5 Å². The summed E-state index contributed by atoms with van der Waals surface area (Å²) in [6.07, 6.45) is 2.14. The zero-order chi connectivity index (χ0) is 14.4. The molecule has 1 aliphatic rings. The number of nitrogens with zero attached hydrogens (tertiary/aromatic N) is 2. The van der Waals surface area contributed by atoms with Crippen molar-refractivity contribution in [3.8, 4) is 0 Å². The average Bonchev–Trinajstić information content (AvgIpc) is 2.39. The molecular formula is C14H29N3O2. The van der Waals surface area contributed by atoms with Crippen LogP contribution in [0.1, 0.15) is 26.7 Å². The van der Waals surface area contributed by atoms with Crippen molar-refractivity contribution in [2.75, 3.05) is 40.4 Å². The Morgan fingerprint density at radius 1 is 1.42 bits per heavy atom. The summed E-state index contributed by atoms with van der Waals surface area (Å²) in [6, 6.07) is 0.0645. The number of amides is 1. The summed E-state index contributed by atoms with van der Waals surface area (Å²) in [7, 11) is 3.73. The molecule has 1 fully saturated rings. The minimum atomic E-state index is -0.514. The summed E-state index contributed by atoms with van der Waals surface area (Å²) in [5.74, 6) is 0.715. The first-order chi connectivity index (χ1) is 8.95. The highest BCUT2D eigenvalue weighted by atomic mass is 16.5. The van der Waals surface area contributed by atoms with Crippen LogP contribution in [-0.2, 0) is 9.53 Å². The number of likely N-dealkylation sites (tertiary alicyclic amines) is 1. The van der Waals surface area contributed by atoms with Gasteiger partial charge in [-0.05, 0) is 39.7 Å². The molecule has 2 N–H and O–H groups in total. The van der Waals surface area contributed by atoms with Gasteiger partial charge in [0, 0.05) is 32.8 Å². The van der Waals surface area contributed by atoms with Crippen molar-refractivity contribution in [2.24, 2.45) is 11.7 Å². The van der Waals surface area contributed by atoms with Crippen LogP contribution in [0.25, 0.3) is 0 Å². The summed E-state index contributed by atoms with van der Waals surface area (Å²) in [6.45, 7) is 7.49. The molecule has 1 unspecified atom stereocenters. The lowest BCUT2D eigenvalue weighted by Gasteiger charge is -2.35. The summed E-state index contributed by atoms with van der Waals surface area (Å²) < 4.78 is 4.94. The van der Waals surface area contributed by atoms with Crippen molar-refractivity contribution < 1.29 is 9.53 Å². The molecule has 1 heterocycles. The van der Waals surface area contributed by atoms with Crippen LogP contribution in [0.5, 0.6) is 0 Å².